The second kappa shape index (κ2) is 5.35. The van der Waals surface area contributed by atoms with Gasteiger partial charge in [0.1, 0.15) is 0 Å². The summed E-state index contributed by atoms with van der Waals surface area (Å²) in [7, 11) is 0. The summed E-state index contributed by atoms with van der Waals surface area (Å²) >= 11 is 0. The highest BCUT2D eigenvalue weighted by molar-refractivity contribution is 5.76. The number of hydrogen-bond donors (Lipinski definition) is 2. The zero-order valence-corrected chi connectivity index (χ0v) is 9.47. The van der Waals surface area contributed by atoms with Crippen LogP contribution in [-0.2, 0) is 4.79 Å². The van der Waals surface area contributed by atoms with Gasteiger partial charge in [0.05, 0.1) is 0 Å². The van der Waals surface area contributed by atoms with E-state index in [1.165, 1.54) is 12.8 Å². The Bertz CT molecular complexity index is 188. The Balaban J connectivity index is 2.02. The van der Waals surface area contributed by atoms with Gasteiger partial charge in [0, 0.05) is 25.0 Å². The zero-order valence-electron chi connectivity index (χ0n) is 9.47. The smallest absolute Gasteiger partial charge is 0.221 e. The predicted octanol–water partition coefficient (Wildman–Crippen LogP) is 1.29. The summed E-state index contributed by atoms with van der Waals surface area (Å²) in [5.74, 6) is 0.676. The molecule has 1 unspecified atom stereocenters. The fourth-order valence-electron chi connectivity index (χ4n) is 1.17. The van der Waals surface area contributed by atoms with Crippen molar-refractivity contribution >= 4 is 5.91 Å². The molecule has 0 aromatic carbocycles. The molecule has 1 fully saturated rings. The topological polar surface area (TPSA) is 41.1 Å². The van der Waals surface area contributed by atoms with Crippen molar-refractivity contribution in [3.05, 3.63) is 0 Å². The van der Waals surface area contributed by atoms with Gasteiger partial charge in [0.15, 0.2) is 0 Å². The van der Waals surface area contributed by atoms with E-state index in [-0.39, 0.29) is 11.9 Å². The lowest BCUT2D eigenvalue weighted by Crippen LogP contribution is -2.37. The third kappa shape index (κ3) is 4.61. The molecule has 1 atom stereocenters. The SMILES string of the molecule is CC(C)C(C)NC(=O)CCNC1CC1. The number of amides is 1. The van der Waals surface area contributed by atoms with Gasteiger partial charge in [0.2, 0.25) is 5.91 Å². The van der Waals surface area contributed by atoms with Gasteiger partial charge in [0.25, 0.3) is 0 Å². The second-order valence-electron chi connectivity index (χ2n) is 4.58. The Labute approximate surface area is 86.6 Å². The molecule has 0 spiro atoms. The third-order valence-corrected chi connectivity index (χ3v) is 2.75. The molecule has 82 valence electrons. The molecule has 0 radical (unpaired) electrons. The van der Waals surface area contributed by atoms with Crippen molar-refractivity contribution in [3.63, 3.8) is 0 Å². The summed E-state index contributed by atoms with van der Waals surface area (Å²) in [6.45, 7) is 7.11. The van der Waals surface area contributed by atoms with Crippen molar-refractivity contribution < 1.29 is 4.79 Å². The summed E-state index contributed by atoms with van der Waals surface area (Å²) in [4.78, 5) is 11.4. The largest absolute Gasteiger partial charge is 0.353 e. The van der Waals surface area contributed by atoms with E-state index in [1.807, 2.05) is 0 Å². The molecule has 1 saturated carbocycles. The lowest BCUT2D eigenvalue weighted by molar-refractivity contribution is -0.121. The highest BCUT2D eigenvalue weighted by atomic mass is 16.1. The normalized spacial score (nSPS) is 18.3. The van der Waals surface area contributed by atoms with E-state index in [0.717, 1.165) is 6.54 Å². The van der Waals surface area contributed by atoms with Crippen molar-refractivity contribution in [1.82, 2.24) is 10.6 Å². The first-order valence-electron chi connectivity index (χ1n) is 5.62. The van der Waals surface area contributed by atoms with Crippen LogP contribution in [0.15, 0.2) is 0 Å². The van der Waals surface area contributed by atoms with Crippen LogP contribution in [0.4, 0.5) is 0 Å². The monoisotopic (exact) mass is 198 g/mol. The minimum atomic E-state index is 0.166. The van der Waals surface area contributed by atoms with Gasteiger partial charge >= 0.3 is 0 Å². The van der Waals surface area contributed by atoms with Gasteiger partial charge < -0.3 is 10.6 Å². The van der Waals surface area contributed by atoms with Crippen LogP contribution in [0.25, 0.3) is 0 Å². The molecular formula is C11H22N2O. The number of nitrogens with one attached hydrogen (secondary N) is 2. The molecule has 3 nitrogen and oxygen atoms in total. The maximum atomic E-state index is 11.4. The summed E-state index contributed by atoms with van der Waals surface area (Å²) in [6.07, 6.45) is 3.17. The molecule has 0 aliphatic heterocycles. The predicted molar refractivity (Wildman–Crippen MR) is 58.1 cm³/mol. The van der Waals surface area contributed by atoms with E-state index in [2.05, 4.69) is 31.4 Å². The lowest BCUT2D eigenvalue weighted by Gasteiger charge is -2.17. The Hall–Kier alpha value is -0.570. The maximum absolute atomic E-state index is 11.4. The molecule has 0 saturated heterocycles. The molecule has 3 heteroatoms. The Morgan fingerprint density at radius 2 is 2.00 bits per heavy atom. The van der Waals surface area contributed by atoms with Gasteiger partial charge in [-0.05, 0) is 25.7 Å². The standard InChI is InChI=1S/C11H22N2O/c1-8(2)9(3)13-11(14)6-7-12-10-4-5-10/h8-10,12H,4-7H2,1-3H3,(H,13,14). The van der Waals surface area contributed by atoms with Gasteiger partial charge in [-0.1, -0.05) is 13.8 Å². The number of hydrogen-bond acceptors (Lipinski definition) is 2. The first kappa shape index (κ1) is 11.5. The quantitative estimate of drug-likeness (QED) is 0.675. The van der Waals surface area contributed by atoms with Gasteiger partial charge in [-0.2, -0.15) is 0 Å². The van der Waals surface area contributed by atoms with Crippen LogP contribution in [0.3, 0.4) is 0 Å². The summed E-state index contributed by atoms with van der Waals surface area (Å²) < 4.78 is 0. The maximum Gasteiger partial charge on any atom is 0.221 e. The van der Waals surface area contributed by atoms with Crippen LogP contribution in [0, 0.1) is 5.92 Å². The average Bonchev–Trinajstić information content (AvgIpc) is 2.87. The molecule has 1 aliphatic carbocycles. The van der Waals surface area contributed by atoms with Gasteiger partial charge in [-0.3, -0.25) is 4.79 Å². The first-order valence-corrected chi connectivity index (χ1v) is 5.62. The molecule has 1 aliphatic rings. The molecule has 0 bridgehead atoms. The highest BCUT2D eigenvalue weighted by Crippen LogP contribution is 2.18. The van der Waals surface area contributed by atoms with Crippen molar-refractivity contribution in [2.24, 2.45) is 5.92 Å². The third-order valence-electron chi connectivity index (χ3n) is 2.75. The van der Waals surface area contributed by atoms with Crippen LogP contribution in [0.1, 0.15) is 40.0 Å². The Morgan fingerprint density at radius 1 is 1.36 bits per heavy atom. The van der Waals surface area contributed by atoms with E-state index in [0.29, 0.717) is 18.4 Å². The van der Waals surface area contributed by atoms with Crippen LogP contribution in [0.2, 0.25) is 0 Å². The van der Waals surface area contributed by atoms with E-state index < -0.39 is 0 Å². The summed E-state index contributed by atoms with van der Waals surface area (Å²) in [6, 6.07) is 0.980. The molecule has 1 rings (SSSR count). The van der Waals surface area contributed by atoms with E-state index in [9.17, 15) is 4.79 Å². The molecule has 0 heterocycles. The first-order chi connectivity index (χ1) is 6.59. The van der Waals surface area contributed by atoms with Crippen molar-refractivity contribution in [2.45, 2.75) is 52.1 Å². The molecule has 2 N–H and O–H groups in total. The number of carbonyl (C=O) groups is 1. The minimum absolute atomic E-state index is 0.166. The van der Waals surface area contributed by atoms with Crippen LogP contribution in [0.5, 0.6) is 0 Å². The average molecular weight is 198 g/mol. The van der Waals surface area contributed by atoms with Crippen molar-refractivity contribution in [2.75, 3.05) is 6.54 Å². The Kier molecular flexibility index (Phi) is 4.39. The molecule has 1 amide bonds. The van der Waals surface area contributed by atoms with E-state index >= 15 is 0 Å². The molecule has 0 aromatic rings. The number of rotatable bonds is 6. The highest BCUT2D eigenvalue weighted by Gasteiger charge is 2.20. The van der Waals surface area contributed by atoms with Crippen LogP contribution >= 0.6 is 0 Å². The van der Waals surface area contributed by atoms with Gasteiger partial charge in [-0.15, -0.1) is 0 Å². The molecular weight excluding hydrogens is 176 g/mol. The fourth-order valence-corrected chi connectivity index (χ4v) is 1.17. The molecule has 14 heavy (non-hydrogen) atoms. The Morgan fingerprint density at radius 3 is 2.50 bits per heavy atom. The van der Waals surface area contributed by atoms with E-state index in [4.69, 9.17) is 0 Å². The fraction of sp³-hybridized carbons (Fsp3) is 0.909. The van der Waals surface area contributed by atoms with Gasteiger partial charge in [-0.25, -0.2) is 0 Å². The van der Waals surface area contributed by atoms with Crippen molar-refractivity contribution in [1.29, 1.82) is 0 Å². The van der Waals surface area contributed by atoms with Crippen molar-refractivity contribution in [3.8, 4) is 0 Å². The lowest BCUT2D eigenvalue weighted by atomic mass is 10.1. The molecule has 0 aromatic heterocycles. The van der Waals surface area contributed by atoms with Crippen LogP contribution in [-0.4, -0.2) is 24.5 Å². The van der Waals surface area contributed by atoms with Crippen LogP contribution < -0.4 is 10.6 Å². The zero-order chi connectivity index (χ0) is 10.6. The summed E-state index contributed by atoms with van der Waals surface area (Å²) in [5.41, 5.74) is 0. The second-order valence-corrected chi connectivity index (χ2v) is 4.58. The van der Waals surface area contributed by atoms with E-state index in [1.54, 1.807) is 0 Å². The number of carbonyl (C=O) groups excluding carboxylic acids is 1. The minimum Gasteiger partial charge on any atom is -0.353 e. The summed E-state index contributed by atoms with van der Waals surface area (Å²) in [5, 5.41) is 6.32.